The summed E-state index contributed by atoms with van der Waals surface area (Å²) in [5.41, 5.74) is 1.40. The smallest absolute Gasteiger partial charge is 0.254 e. The summed E-state index contributed by atoms with van der Waals surface area (Å²) in [7, 11) is 0. The van der Waals surface area contributed by atoms with Crippen molar-refractivity contribution in [2.75, 3.05) is 0 Å². The quantitative estimate of drug-likeness (QED) is 0.855. The second kappa shape index (κ2) is 7.04. The summed E-state index contributed by atoms with van der Waals surface area (Å²) >= 11 is 0. The molecule has 2 unspecified atom stereocenters. The van der Waals surface area contributed by atoms with Gasteiger partial charge in [-0.3, -0.25) is 9.48 Å². The van der Waals surface area contributed by atoms with Crippen molar-refractivity contribution in [3.8, 4) is 0 Å². The third-order valence-electron chi connectivity index (χ3n) is 3.36. The number of hydrogen-bond acceptors (Lipinski definition) is 3. The molecule has 21 heavy (non-hydrogen) atoms. The first-order valence-corrected chi connectivity index (χ1v) is 7.16. The molecule has 2 aromatic rings. The molecular weight excluding hydrogens is 266 g/mol. The summed E-state index contributed by atoms with van der Waals surface area (Å²) in [6.45, 7) is 4.58. The molecule has 112 valence electrons. The van der Waals surface area contributed by atoms with E-state index in [4.69, 9.17) is 0 Å². The van der Waals surface area contributed by atoms with Crippen molar-refractivity contribution in [1.29, 1.82) is 0 Å². The highest BCUT2D eigenvalue weighted by Crippen LogP contribution is 2.17. The lowest BCUT2D eigenvalue weighted by molar-refractivity contribution is 0.0917. The monoisotopic (exact) mass is 287 g/mol. The van der Waals surface area contributed by atoms with E-state index in [1.807, 2.05) is 44.2 Å². The minimum atomic E-state index is -0.583. The van der Waals surface area contributed by atoms with Crippen molar-refractivity contribution < 1.29 is 9.90 Å². The Labute approximate surface area is 124 Å². The van der Waals surface area contributed by atoms with Crippen LogP contribution in [0.5, 0.6) is 0 Å². The third-order valence-corrected chi connectivity index (χ3v) is 3.36. The van der Waals surface area contributed by atoms with Crippen LogP contribution in [0.1, 0.15) is 42.3 Å². The number of carbonyl (C=O) groups is 1. The summed E-state index contributed by atoms with van der Waals surface area (Å²) in [4.78, 5) is 12.1. The normalized spacial score (nSPS) is 13.7. The number of benzene rings is 1. The standard InChI is InChI=1S/C16H21N3O2/c1-3-19-11-14(10-17-19)16(21)18-12(2)9-15(20)13-7-5-4-6-8-13/h4-8,10-12,15,20H,3,9H2,1-2H3,(H,18,21). The predicted octanol–water partition coefficient (Wildman–Crippen LogP) is 2.14. The number of aliphatic hydroxyl groups excluding tert-OH is 1. The number of carbonyl (C=O) groups excluding carboxylic acids is 1. The molecule has 0 aliphatic rings. The van der Waals surface area contributed by atoms with Crippen molar-refractivity contribution in [3.63, 3.8) is 0 Å². The van der Waals surface area contributed by atoms with Crippen LogP contribution in [0.3, 0.4) is 0 Å². The third kappa shape index (κ3) is 4.16. The van der Waals surface area contributed by atoms with Gasteiger partial charge in [-0.25, -0.2) is 0 Å². The van der Waals surface area contributed by atoms with Crippen LogP contribution >= 0.6 is 0 Å². The van der Waals surface area contributed by atoms with E-state index in [-0.39, 0.29) is 11.9 Å². The van der Waals surface area contributed by atoms with Crippen LogP contribution in [0.15, 0.2) is 42.7 Å². The molecule has 0 aliphatic heterocycles. The zero-order chi connectivity index (χ0) is 15.2. The van der Waals surface area contributed by atoms with Gasteiger partial charge in [-0.2, -0.15) is 5.10 Å². The van der Waals surface area contributed by atoms with Crippen LogP contribution in [0.2, 0.25) is 0 Å². The summed E-state index contributed by atoms with van der Waals surface area (Å²) in [5.74, 6) is -0.164. The average Bonchev–Trinajstić information content (AvgIpc) is 2.97. The number of amides is 1. The number of nitrogens with one attached hydrogen (secondary N) is 1. The second-order valence-corrected chi connectivity index (χ2v) is 5.12. The summed E-state index contributed by atoms with van der Waals surface area (Å²) in [6.07, 6.45) is 3.16. The molecule has 1 aromatic carbocycles. The lowest BCUT2D eigenvalue weighted by Gasteiger charge is -2.17. The molecule has 2 rings (SSSR count). The van der Waals surface area contributed by atoms with E-state index in [2.05, 4.69) is 10.4 Å². The first kappa shape index (κ1) is 15.3. The second-order valence-electron chi connectivity index (χ2n) is 5.12. The van der Waals surface area contributed by atoms with Gasteiger partial charge in [0, 0.05) is 18.8 Å². The van der Waals surface area contributed by atoms with Crippen LogP contribution in [0, 0.1) is 0 Å². The van der Waals surface area contributed by atoms with Crippen LogP contribution < -0.4 is 5.32 Å². The van der Waals surface area contributed by atoms with Crippen molar-refractivity contribution in [2.45, 2.75) is 39.0 Å². The molecule has 2 atom stereocenters. The van der Waals surface area contributed by atoms with Crippen molar-refractivity contribution in [3.05, 3.63) is 53.9 Å². The highest BCUT2D eigenvalue weighted by Gasteiger charge is 2.16. The molecule has 1 heterocycles. The first-order chi connectivity index (χ1) is 10.1. The molecule has 2 N–H and O–H groups in total. The fraction of sp³-hybridized carbons (Fsp3) is 0.375. The Hall–Kier alpha value is -2.14. The van der Waals surface area contributed by atoms with E-state index >= 15 is 0 Å². The SMILES string of the molecule is CCn1cc(C(=O)NC(C)CC(O)c2ccccc2)cn1. The molecule has 0 radical (unpaired) electrons. The number of hydrogen-bond donors (Lipinski definition) is 2. The van der Waals surface area contributed by atoms with Crippen LogP contribution in [-0.4, -0.2) is 26.8 Å². The van der Waals surface area contributed by atoms with Gasteiger partial charge in [0.1, 0.15) is 0 Å². The van der Waals surface area contributed by atoms with Gasteiger partial charge in [0.15, 0.2) is 0 Å². The Morgan fingerprint density at radius 2 is 2.10 bits per heavy atom. The van der Waals surface area contributed by atoms with Crippen LogP contribution in [-0.2, 0) is 6.54 Å². The summed E-state index contributed by atoms with van der Waals surface area (Å²) < 4.78 is 1.71. The Morgan fingerprint density at radius 3 is 2.71 bits per heavy atom. The number of aryl methyl sites for hydroxylation is 1. The van der Waals surface area contributed by atoms with E-state index in [9.17, 15) is 9.90 Å². The van der Waals surface area contributed by atoms with Crippen LogP contribution in [0.25, 0.3) is 0 Å². The zero-order valence-electron chi connectivity index (χ0n) is 12.4. The molecule has 1 aromatic heterocycles. The first-order valence-electron chi connectivity index (χ1n) is 7.16. The molecule has 1 amide bonds. The maximum atomic E-state index is 12.1. The molecule has 0 fully saturated rings. The number of aliphatic hydroxyl groups is 1. The molecule has 0 bridgehead atoms. The minimum Gasteiger partial charge on any atom is -0.388 e. The molecular formula is C16H21N3O2. The predicted molar refractivity (Wildman–Crippen MR) is 80.8 cm³/mol. The van der Waals surface area contributed by atoms with E-state index < -0.39 is 6.10 Å². The number of rotatable bonds is 6. The fourth-order valence-electron chi connectivity index (χ4n) is 2.17. The van der Waals surface area contributed by atoms with Gasteiger partial charge in [-0.1, -0.05) is 30.3 Å². The fourth-order valence-corrected chi connectivity index (χ4v) is 2.17. The molecule has 0 saturated carbocycles. The van der Waals surface area contributed by atoms with Crippen molar-refractivity contribution >= 4 is 5.91 Å². The lowest BCUT2D eigenvalue weighted by Crippen LogP contribution is -2.33. The highest BCUT2D eigenvalue weighted by molar-refractivity contribution is 5.93. The molecule has 5 heteroatoms. The van der Waals surface area contributed by atoms with Gasteiger partial charge < -0.3 is 10.4 Å². The highest BCUT2D eigenvalue weighted by atomic mass is 16.3. The minimum absolute atomic E-state index is 0.127. The van der Waals surface area contributed by atoms with Crippen molar-refractivity contribution in [1.82, 2.24) is 15.1 Å². The average molecular weight is 287 g/mol. The molecule has 0 spiro atoms. The van der Waals surface area contributed by atoms with Gasteiger partial charge in [0.05, 0.1) is 17.9 Å². The van der Waals surface area contributed by atoms with E-state index in [1.165, 1.54) is 0 Å². The van der Waals surface area contributed by atoms with E-state index in [0.29, 0.717) is 12.0 Å². The topological polar surface area (TPSA) is 67.2 Å². The maximum absolute atomic E-state index is 12.1. The van der Waals surface area contributed by atoms with Gasteiger partial charge in [0.2, 0.25) is 0 Å². The number of aromatic nitrogens is 2. The maximum Gasteiger partial charge on any atom is 0.254 e. The summed E-state index contributed by atoms with van der Waals surface area (Å²) in [5, 5.41) is 17.1. The lowest BCUT2D eigenvalue weighted by atomic mass is 10.0. The Kier molecular flexibility index (Phi) is 5.11. The van der Waals surface area contributed by atoms with Crippen LogP contribution in [0.4, 0.5) is 0 Å². The van der Waals surface area contributed by atoms with Crippen molar-refractivity contribution in [2.24, 2.45) is 0 Å². The Balaban J connectivity index is 1.89. The van der Waals surface area contributed by atoms with Gasteiger partial charge in [-0.15, -0.1) is 0 Å². The molecule has 0 aliphatic carbocycles. The van der Waals surface area contributed by atoms with Gasteiger partial charge in [-0.05, 0) is 25.8 Å². The Morgan fingerprint density at radius 1 is 1.38 bits per heavy atom. The zero-order valence-corrected chi connectivity index (χ0v) is 12.4. The Bertz CT molecular complexity index is 580. The molecule has 5 nitrogen and oxygen atoms in total. The van der Waals surface area contributed by atoms with E-state index in [1.54, 1.807) is 17.1 Å². The van der Waals surface area contributed by atoms with Gasteiger partial charge in [0.25, 0.3) is 5.91 Å². The van der Waals surface area contributed by atoms with Gasteiger partial charge >= 0.3 is 0 Å². The van der Waals surface area contributed by atoms with E-state index in [0.717, 1.165) is 12.1 Å². The largest absolute Gasteiger partial charge is 0.388 e. The summed E-state index contributed by atoms with van der Waals surface area (Å²) in [6, 6.07) is 9.32. The number of nitrogens with zero attached hydrogens (tertiary/aromatic N) is 2. The molecule has 0 saturated heterocycles.